The standard InChI is InChI=1S/C16H16N2.2C14H10N3.C14H12N2.2Pt/c1-17-13-18(14-9-5-2-3-6-10-14)16-12-8-4-7-11-15(16)17;2*1-3-7-11(8-4-1)13-15-14(17-16-13)12-9-5-2-6-10-12;1-15-11-16(12-7-3-2-4-8-12)14-10-6-5-9-13(14)15;;/h2-3,5,7-9,11-13H,4,10H2,1H3;2*1-10H;2-7,9-11H,1H3;;/q-2;2*-1;-2;;. The third-order valence-electron chi connectivity index (χ3n) is 11.0. The number of rotatable bonds is 6. The zero-order valence-corrected chi connectivity index (χ0v) is 43.0. The fourth-order valence-electron chi connectivity index (χ4n) is 7.62. The van der Waals surface area contributed by atoms with E-state index >= 15 is 0 Å². The molecule has 2 aliphatic carbocycles. The Hall–Kier alpha value is -7.38. The number of hydrogen-bond donors (Lipinski definition) is 0. The van der Waals surface area contributed by atoms with Gasteiger partial charge in [0.15, 0.2) is 0 Å². The summed E-state index contributed by atoms with van der Waals surface area (Å²) < 4.78 is 0. The molecule has 2 aliphatic heterocycles. The van der Waals surface area contributed by atoms with Crippen LogP contribution in [0.25, 0.3) is 45.6 Å². The van der Waals surface area contributed by atoms with Crippen LogP contribution in [-0.2, 0) is 42.1 Å². The molecule has 0 amide bonds. The average molecular weight is 1280 g/mol. The van der Waals surface area contributed by atoms with Crippen LogP contribution in [0.1, 0.15) is 12.8 Å². The summed E-state index contributed by atoms with van der Waals surface area (Å²) in [5.41, 5.74) is 11.2. The van der Waals surface area contributed by atoms with E-state index in [1.54, 1.807) is 0 Å². The van der Waals surface area contributed by atoms with E-state index in [2.05, 4.69) is 156 Å². The average Bonchev–Trinajstić information content (AvgIpc) is 4.15. The van der Waals surface area contributed by atoms with Crippen LogP contribution < -0.4 is 20.0 Å². The molecule has 0 unspecified atom stereocenters. The maximum absolute atomic E-state index is 4.43. The molecule has 12 rings (SSSR count). The smallest absolute Gasteiger partial charge is 0.0575 e. The molecule has 8 aromatic rings. The van der Waals surface area contributed by atoms with Crippen molar-refractivity contribution >= 4 is 17.1 Å². The number of benzene rings is 6. The van der Waals surface area contributed by atoms with E-state index < -0.39 is 0 Å². The van der Waals surface area contributed by atoms with Gasteiger partial charge < -0.3 is 39.8 Å². The number of allylic oxidation sites excluding steroid dienone is 9. The first-order chi connectivity index (χ1) is 33.6. The van der Waals surface area contributed by atoms with Gasteiger partial charge in [0, 0.05) is 64.9 Å². The molecule has 6 aromatic carbocycles. The van der Waals surface area contributed by atoms with Crippen LogP contribution in [0.3, 0.4) is 0 Å². The zero-order valence-electron chi connectivity index (χ0n) is 38.5. The Labute approximate surface area is 439 Å². The van der Waals surface area contributed by atoms with Gasteiger partial charge in [-0.25, -0.2) is 12.2 Å². The minimum absolute atomic E-state index is 0. The van der Waals surface area contributed by atoms with Crippen LogP contribution in [0.5, 0.6) is 0 Å². The fraction of sp³-hybridized carbons (Fsp3) is 0.0690. The molecule has 2 aromatic heterocycles. The van der Waals surface area contributed by atoms with Gasteiger partial charge in [-0.3, -0.25) is 16.3 Å². The number of hydrogen-bond acceptors (Lipinski definition) is 8. The molecule has 4 heterocycles. The molecule has 0 saturated heterocycles. The fourth-order valence-corrected chi connectivity index (χ4v) is 7.62. The second-order valence-electron chi connectivity index (χ2n) is 15.7. The molecule has 0 bridgehead atoms. The molecule has 0 saturated carbocycles. The van der Waals surface area contributed by atoms with Crippen molar-refractivity contribution in [2.24, 2.45) is 0 Å². The van der Waals surface area contributed by atoms with E-state index in [-0.39, 0.29) is 42.1 Å². The second kappa shape index (κ2) is 25.3. The monoisotopic (exact) mass is 1270 g/mol. The molecule has 0 N–H and O–H groups in total. The van der Waals surface area contributed by atoms with Gasteiger partial charge in [0.2, 0.25) is 0 Å². The molecule has 0 spiro atoms. The largest absolute Gasteiger partial charge is 0.504 e. The summed E-state index contributed by atoms with van der Waals surface area (Å²) in [5, 5.41) is 16.4. The first kappa shape index (κ1) is 50.5. The Kier molecular flexibility index (Phi) is 18.2. The molecule has 0 radical (unpaired) electrons. The molecule has 356 valence electrons. The van der Waals surface area contributed by atoms with Gasteiger partial charge in [0.1, 0.15) is 0 Å². The molecule has 0 atom stereocenters. The molecular formula is C58H48N10Pt2-6. The molecule has 4 aliphatic rings. The Bertz CT molecular complexity index is 2830. The Balaban J connectivity index is 0.000000136. The van der Waals surface area contributed by atoms with E-state index in [4.69, 9.17) is 0 Å². The number of fused-ring (bicyclic) bond motifs is 1. The number of nitrogens with zero attached hydrogens (tertiary/aromatic N) is 10. The van der Waals surface area contributed by atoms with Crippen molar-refractivity contribution in [3.05, 3.63) is 261 Å². The third-order valence-corrected chi connectivity index (χ3v) is 11.0. The van der Waals surface area contributed by atoms with Crippen molar-refractivity contribution in [3.63, 3.8) is 0 Å². The minimum Gasteiger partial charge on any atom is -0.504 e. The van der Waals surface area contributed by atoms with Crippen LogP contribution in [-0.4, -0.2) is 44.1 Å². The van der Waals surface area contributed by atoms with Crippen LogP contribution in [0.4, 0.5) is 17.1 Å². The first-order valence-electron chi connectivity index (χ1n) is 22.4. The van der Waals surface area contributed by atoms with Crippen molar-refractivity contribution in [2.75, 3.05) is 23.9 Å². The van der Waals surface area contributed by atoms with Gasteiger partial charge >= 0.3 is 0 Å². The molecule has 10 nitrogen and oxygen atoms in total. The molecular weight excluding hydrogens is 1230 g/mol. The van der Waals surface area contributed by atoms with E-state index in [9.17, 15) is 0 Å². The number of likely N-dealkylation sites (N-methyl/N-ethyl adjacent to an activating group) is 1. The van der Waals surface area contributed by atoms with Crippen molar-refractivity contribution in [3.8, 4) is 45.6 Å². The SMILES string of the molecule is CN1[CH-]N(C2=CC=CC=[C-]C2)C2=C1C=CCC=C2.CN1[CH-]N(c2[c-]cccc2)c2ccccc21.[Pt].[Pt].c1ccc(-c2n[n-]c(-c3ccccc3)n2)cc1.c1ccc(-c2n[n-]c(-c3ccccc3)n2)cc1. The second-order valence-corrected chi connectivity index (χ2v) is 15.7. The quantitative estimate of drug-likeness (QED) is 0.150. The van der Waals surface area contributed by atoms with Crippen LogP contribution in [0.2, 0.25) is 0 Å². The van der Waals surface area contributed by atoms with Crippen molar-refractivity contribution < 1.29 is 42.1 Å². The third kappa shape index (κ3) is 12.6. The van der Waals surface area contributed by atoms with Gasteiger partial charge in [-0.05, 0) is 84.4 Å². The summed E-state index contributed by atoms with van der Waals surface area (Å²) in [5.74, 6) is 2.68. The van der Waals surface area contributed by atoms with Crippen molar-refractivity contribution in [1.82, 2.24) is 40.2 Å². The van der Waals surface area contributed by atoms with Crippen molar-refractivity contribution in [2.45, 2.75) is 12.8 Å². The summed E-state index contributed by atoms with van der Waals surface area (Å²) in [4.78, 5) is 17.5. The maximum atomic E-state index is 4.43. The van der Waals surface area contributed by atoms with E-state index in [1.807, 2.05) is 152 Å². The first-order valence-corrected chi connectivity index (χ1v) is 22.4. The van der Waals surface area contributed by atoms with Gasteiger partial charge in [0.25, 0.3) is 0 Å². The zero-order chi connectivity index (χ0) is 46.3. The number of aromatic nitrogens is 6. The predicted molar refractivity (Wildman–Crippen MR) is 272 cm³/mol. The molecule has 70 heavy (non-hydrogen) atoms. The maximum Gasteiger partial charge on any atom is 0.0575 e. The summed E-state index contributed by atoms with van der Waals surface area (Å²) in [6, 6.07) is 59.0. The van der Waals surface area contributed by atoms with Gasteiger partial charge in [0.05, 0.1) is 11.6 Å². The van der Waals surface area contributed by atoms with Crippen LogP contribution >= 0.6 is 0 Å². The van der Waals surface area contributed by atoms with Crippen molar-refractivity contribution in [1.29, 1.82) is 0 Å². The van der Waals surface area contributed by atoms with E-state index in [1.165, 1.54) is 28.5 Å². The van der Waals surface area contributed by atoms with E-state index in [0.717, 1.165) is 40.8 Å². The summed E-state index contributed by atoms with van der Waals surface area (Å²) in [6.07, 6.45) is 22.1. The normalized spacial score (nSPS) is 13.9. The summed E-state index contributed by atoms with van der Waals surface area (Å²) in [7, 11) is 4.15. The Morgan fingerprint density at radius 3 is 1.57 bits per heavy atom. The number of anilines is 3. The molecule has 0 fully saturated rings. The molecule has 12 heteroatoms. The predicted octanol–water partition coefficient (Wildman–Crippen LogP) is 12.0. The minimum atomic E-state index is 0. The number of para-hydroxylation sites is 3. The Morgan fingerprint density at radius 1 is 0.514 bits per heavy atom. The van der Waals surface area contributed by atoms with Gasteiger partial charge in [-0.1, -0.05) is 158 Å². The summed E-state index contributed by atoms with van der Waals surface area (Å²) in [6.45, 7) is 4.22. The van der Waals surface area contributed by atoms with E-state index in [0.29, 0.717) is 23.3 Å². The van der Waals surface area contributed by atoms with Crippen LogP contribution in [0, 0.1) is 25.5 Å². The topological polar surface area (TPSA) is 92.7 Å². The van der Waals surface area contributed by atoms with Gasteiger partial charge in [-0.2, -0.15) is 43.7 Å². The van der Waals surface area contributed by atoms with Gasteiger partial charge in [-0.15, -0.1) is 11.8 Å². The Morgan fingerprint density at radius 2 is 1.01 bits per heavy atom. The van der Waals surface area contributed by atoms with Crippen LogP contribution in [0.15, 0.2) is 236 Å². The summed E-state index contributed by atoms with van der Waals surface area (Å²) >= 11 is 0.